The van der Waals surface area contributed by atoms with Gasteiger partial charge in [-0.2, -0.15) is 0 Å². The minimum Gasteiger partial charge on any atom is -0.393 e. The van der Waals surface area contributed by atoms with E-state index in [1.165, 1.54) is 19.4 Å². The van der Waals surface area contributed by atoms with Crippen LogP contribution in [0.5, 0.6) is 0 Å². The Morgan fingerprint density at radius 2 is 2.33 bits per heavy atom. The van der Waals surface area contributed by atoms with Gasteiger partial charge in [-0.1, -0.05) is 6.92 Å². The number of hydrogen-bond donors (Lipinski definition) is 1. The van der Waals surface area contributed by atoms with Gasteiger partial charge in [-0.25, -0.2) is 0 Å². The van der Waals surface area contributed by atoms with Gasteiger partial charge in [0.15, 0.2) is 0 Å². The normalized spacial score (nSPS) is 25.4. The molecule has 0 aliphatic carbocycles. The van der Waals surface area contributed by atoms with E-state index in [0.29, 0.717) is 6.10 Å². The van der Waals surface area contributed by atoms with Gasteiger partial charge in [0.25, 0.3) is 0 Å². The molecule has 0 aromatic heterocycles. The maximum Gasteiger partial charge on any atom is 0.0698 e. The fraction of sp³-hybridized carbons (Fsp3) is 1.00. The highest BCUT2D eigenvalue weighted by Gasteiger charge is 2.18. The summed E-state index contributed by atoms with van der Waals surface area (Å²) in [5.41, 5.74) is 0. The van der Waals surface area contributed by atoms with Gasteiger partial charge in [-0.05, 0) is 45.2 Å². The predicted molar refractivity (Wildman–Crippen MR) is 62.0 cm³/mol. The molecule has 0 aromatic rings. The SMILES string of the molecule is CCC(O)CCCN1CCCC(OC)C1. The lowest BCUT2D eigenvalue weighted by Crippen LogP contribution is -2.39. The van der Waals surface area contributed by atoms with Gasteiger partial charge in [-0.3, -0.25) is 0 Å². The first-order valence-corrected chi connectivity index (χ1v) is 6.19. The van der Waals surface area contributed by atoms with Gasteiger partial charge in [0.05, 0.1) is 12.2 Å². The van der Waals surface area contributed by atoms with Crippen molar-refractivity contribution in [1.29, 1.82) is 0 Å². The molecule has 3 heteroatoms. The van der Waals surface area contributed by atoms with E-state index >= 15 is 0 Å². The Kier molecular flexibility index (Phi) is 6.22. The number of aliphatic hydroxyl groups excluding tert-OH is 1. The van der Waals surface area contributed by atoms with Crippen molar-refractivity contribution in [2.75, 3.05) is 26.7 Å². The summed E-state index contributed by atoms with van der Waals surface area (Å²) in [6.45, 7) is 5.41. The molecular formula is C12H25NO2. The lowest BCUT2D eigenvalue weighted by Gasteiger charge is -2.31. The maximum absolute atomic E-state index is 9.44. The third-order valence-corrected chi connectivity index (χ3v) is 3.28. The lowest BCUT2D eigenvalue weighted by molar-refractivity contribution is 0.0294. The molecule has 1 heterocycles. The Morgan fingerprint density at radius 3 is 3.00 bits per heavy atom. The van der Waals surface area contributed by atoms with E-state index in [1.807, 2.05) is 6.92 Å². The Labute approximate surface area is 93.4 Å². The van der Waals surface area contributed by atoms with Crippen LogP contribution >= 0.6 is 0 Å². The number of methoxy groups -OCH3 is 1. The van der Waals surface area contributed by atoms with Crippen LogP contribution in [0.25, 0.3) is 0 Å². The van der Waals surface area contributed by atoms with Gasteiger partial charge < -0.3 is 14.7 Å². The highest BCUT2D eigenvalue weighted by Crippen LogP contribution is 2.13. The fourth-order valence-electron chi connectivity index (χ4n) is 2.16. The molecule has 0 aromatic carbocycles. The van der Waals surface area contributed by atoms with Crippen LogP contribution < -0.4 is 0 Å². The molecule has 0 saturated carbocycles. The van der Waals surface area contributed by atoms with Crippen molar-refractivity contribution in [3.05, 3.63) is 0 Å². The monoisotopic (exact) mass is 215 g/mol. The van der Waals surface area contributed by atoms with Crippen molar-refractivity contribution < 1.29 is 9.84 Å². The Morgan fingerprint density at radius 1 is 1.53 bits per heavy atom. The van der Waals surface area contributed by atoms with Crippen molar-refractivity contribution in [2.24, 2.45) is 0 Å². The summed E-state index contributed by atoms with van der Waals surface area (Å²) in [6.07, 6.45) is 5.68. The predicted octanol–water partition coefficient (Wildman–Crippen LogP) is 1.65. The number of likely N-dealkylation sites (tertiary alicyclic amines) is 1. The first-order chi connectivity index (χ1) is 7.26. The molecular weight excluding hydrogens is 190 g/mol. The molecule has 2 unspecified atom stereocenters. The molecule has 90 valence electrons. The number of nitrogens with zero attached hydrogens (tertiary/aromatic N) is 1. The molecule has 1 aliphatic rings. The average molecular weight is 215 g/mol. The van der Waals surface area contributed by atoms with Crippen molar-refractivity contribution in [2.45, 2.75) is 51.2 Å². The number of ether oxygens (including phenoxy) is 1. The fourth-order valence-corrected chi connectivity index (χ4v) is 2.16. The van der Waals surface area contributed by atoms with Gasteiger partial charge in [0, 0.05) is 13.7 Å². The summed E-state index contributed by atoms with van der Waals surface area (Å²) in [7, 11) is 1.80. The minimum absolute atomic E-state index is 0.104. The average Bonchev–Trinajstić information content (AvgIpc) is 2.29. The van der Waals surface area contributed by atoms with Gasteiger partial charge >= 0.3 is 0 Å². The standard InChI is InChI=1S/C12H25NO2/c1-3-11(14)6-4-8-13-9-5-7-12(10-13)15-2/h11-12,14H,3-10H2,1-2H3. The zero-order valence-electron chi connectivity index (χ0n) is 10.1. The summed E-state index contributed by atoms with van der Waals surface area (Å²) in [5.74, 6) is 0. The van der Waals surface area contributed by atoms with Gasteiger partial charge in [0.1, 0.15) is 0 Å². The molecule has 0 bridgehead atoms. The topological polar surface area (TPSA) is 32.7 Å². The van der Waals surface area contributed by atoms with Crippen LogP contribution in [0, 0.1) is 0 Å². The highest BCUT2D eigenvalue weighted by molar-refractivity contribution is 4.73. The van der Waals surface area contributed by atoms with Crippen LogP contribution in [0.15, 0.2) is 0 Å². The van der Waals surface area contributed by atoms with Crippen LogP contribution in [0.1, 0.15) is 39.0 Å². The quantitative estimate of drug-likeness (QED) is 0.731. The number of aliphatic hydroxyl groups is 1. The van der Waals surface area contributed by atoms with E-state index in [-0.39, 0.29) is 6.10 Å². The molecule has 0 radical (unpaired) electrons. The Hall–Kier alpha value is -0.120. The van der Waals surface area contributed by atoms with Crippen LogP contribution in [0.2, 0.25) is 0 Å². The van der Waals surface area contributed by atoms with E-state index in [2.05, 4.69) is 4.90 Å². The largest absolute Gasteiger partial charge is 0.393 e. The molecule has 15 heavy (non-hydrogen) atoms. The minimum atomic E-state index is -0.104. The first-order valence-electron chi connectivity index (χ1n) is 6.19. The van der Waals surface area contributed by atoms with E-state index in [1.54, 1.807) is 7.11 Å². The summed E-state index contributed by atoms with van der Waals surface area (Å²) in [6, 6.07) is 0. The summed E-state index contributed by atoms with van der Waals surface area (Å²) >= 11 is 0. The molecule has 1 fully saturated rings. The molecule has 1 N–H and O–H groups in total. The van der Waals surface area contributed by atoms with Crippen LogP contribution in [0.3, 0.4) is 0 Å². The number of piperidine rings is 1. The van der Waals surface area contributed by atoms with Crippen molar-refractivity contribution in [3.63, 3.8) is 0 Å². The van der Waals surface area contributed by atoms with Gasteiger partial charge in [0.2, 0.25) is 0 Å². The second kappa shape index (κ2) is 7.20. The van der Waals surface area contributed by atoms with Crippen molar-refractivity contribution in [1.82, 2.24) is 4.90 Å². The summed E-state index contributed by atoms with van der Waals surface area (Å²) in [5, 5.41) is 9.44. The molecule has 1 saturated heterocycles. The molecule has 2 atom stereocenters. The molecule has 3 nitrogen and oxygen atoms in total. The maximum atomic E-state index is 9.44. The molecule has 1 aliphatic heterocycles. The van der Waals surface area contributed by atoms with Gasteiger partial charge in [-0.15, -0.1) is 0 Å². The smallest absolute Gasteiger partial charge is 0.0698 e. The zero-order valence-corrected chi connectivity index (χ0v) is 10.1. The third kappa shape index (κ3) is 4.96. The number of rotatable bonds is 6. The van der Waals surface area contributed by atoms with E-state index < -0.39 is 0 Å². The lowest BCUT2D eigenvalue weighted by atomic mass is 10.1. The Balaban J connectivity index is 2.10. The summed E-state index contributed by atoms with van der Waals surface area (Å²) < 4.78 is 5.38. The van der Waals surface area contributed by atoms with E-state index in [9.17, 15) is 5.11 Å². The van der Waals surface area contributed by atoms with Crippen molar-refractivity contribution in [3.8, 4) is 0 Å². The van der Waals surface area contributed by atoms with E-state index in [4.69, 9.17) is 4.74 Å². The Bertz CT molecular complexity index is 164. The van der Waals surface area contributed by atoms with E-state index in [0.717, 1.165) is 32.4 Å². The second-order valence-corrected chi connectivity index (χ2v) is 4.50. The molecule has 1 rings (SSSR count). The number of hydrogen-bond acceptors (Lipinski definition) is 3. The van der Waals surface area contributed by atoms with Crippen LogP contribution in [-0.4, -0.2) is 49.0 Å². The second-order valence-electron chi connectivity index (χ2n) is 4.50. The zero-order chi connectivity index (χ0) is 11.1. The van der Waals surface area contributed by atoms with Crippen molar-refractivity contribution >= 4 is 0 Å². The molecule has 0 spiro atoms. The third-order valence-electron chi connectivity index (χ3n) is 3.28. The highest BCUT2D eigenvalue weighted by atomic mass is 16.5. The van der Waals surface area contributed by atoms with Crippen LogP contribution in [0.4, 0.5) is 0 Å². The first kappa shape index (κ1) is 12.9. The molecule has 0 amide bonds. The summed E-state index contributed by atoms with van der Waals surface area (Å²) in [4.78, 5) is 2.46. The van der Waals surface area contributed by atoms with Crippen LogP contribution in [-0.2, 0) is 4.74 Å².